The Balaban J connectivity index is 2.67. The zero-order valence-electron chi connectivity index (χ0n) is 12.7. The van der Waals surface area contributed by atoms with Crippen LogP contribution in [0.4, 0.5) is 8.78 Å². The molecule has 1 aliphatic carbocycles. The summed E-state index contributed by atoms with van der Waals surface area (Å²) in [7, 11) is 2.76. The first-order valence-electron chi connectivity index (χ1n) is 7.24. The molecule has 0 unspecified atom stereocenters. The van der Waals surface area contributed by atoms with Gasteiger partial charge < -0.3 is 14.6 Å². The number of carboxylic acids is 1. The average molecular weight is 314 g/mol. The third-order valence-corrected chi connectivity index (χ3v) is 4.42. The van der Waals surface area contributed by atoms with E-state index in [9.17, 15) is 18.7 Å². The van der Waals surface area contributed by atoms with Gasteiger partial charge in [-0.2, -0.15) is 0 Å². The van der Waals surface area contributed by atoms with Crippen LogP contribution in [0, 0.1) is 0 Å². The summed E-state index contributed by atoms with van der Waals surface area (Å²) in [5.41, 5.74) is -1.42. The van der Waals surface area contributed by atoms with Crippen molar-refractivity contribution < 1.29 is 28.2 Å². The Labute approximate surface area is 128 Å². The van der Waals surface area contributed by atoms with Gasteiger partial charge in [0.25, 0.3) is 6.43 Å². The molecule has 0 radical (unpaired) electrons. The molecule has 4 nitrogen and oxygen atoms in total. The monoisotopic (exact) mass is 314 g/mol. The quantitative estimate of drug-likeness (QED) is 0.894. The lowest BCUT2D eigenvalue weighted by atomic mass is 9.68. The maximum Gasteiger partial charge on any atom is 0.314 e. The van der Waals surface area contributed by atoms with Crippen molar-refractivity contribution in [1.82, 2.24) is 0 Å². The second-order valence-electron chi connectivity index (χ2n) is 5.54. The fourth-order valence-electron chi connectivity index (χ4n) is 3.24. The fourth-order valence-corrected chi connectivity index (χ4v) is 3.24. The molecule has 0 saturated heterocycles. The van der Waals surface area contributed by atoms with E-state index >= 15 is 0 Å². The van der Waals surface area contributed by atoms with Crippen molar-refractivity contribution >= 4 is 5.97 Å². The van der Waals surface area contributed by atoms with E-state index in [-0.39, 0.29) is 22.6 Å². The van der Waals surface area contributed by atoms with E-state index in [0.717, 1.165) is 6.42 Å². The van der Waals surface area contributed by atoms with Crippen LogP contribution in [0.5, 0.6) is 11.5 Å². The van der Waals surface area contributed by atoms with E-state index in [2.05, 4.69) is 0 Å². The molecule has 6 heteroatoms. The highest BCUT2D eigenvalue weighted by molar-refractivity contribution is 5.82. The number of hydrogen-bond acceptors (Lipinski definition) is 3. The van der Waals surface area contributed by atoms with Gasteiger partial charge in [0, 0.05) is 5.56 Å². The third kappa shape index (κ3) is 2.74. The highest BCUT2D eigenvalue weighted by Gasteiger charge is 2.44. The molecule has 22 heavy (non-hydrogen) atoms. The number of alkyl halides is 2. The normalized spacial score (nSPS) is 17.3. The van der Waals surface area contributed by atoms with Crippen LogP contribution in [0.2, 0.25) is 0 Å². The molecule has 0 atom stereocenters. The number of ether oxygens (including phenoxy) is 2. The summed E-state index contributed by atoms with van der Waals surface area (Å²) in [6.07, 6.45) is 0.293. The van der Waals surface area contributed by atoms with Crippen LogP contribution in [-0.4, -0.2) is 25.3 Å². The molecule has 1 fully saturated rings. The number of hydrogen-bond donors (Lipinski definition) is 1. The maximum atomic E-state index is 13.5. The molecule has 1 saturated carbocycles. The lowest BCUT2D eigenvalue weighted by molar-refractivity contribution is -0.145. The van der Waals surface area contributed by atoms with E-state index < -0.39 is 17.8 Å². The van der Waals surface area contributed by atoms with Crippen LogP contribution in [0.15, 0.2) is 12.1 Å². The van der Waals surface area contributed by atoms with Crippen molar-refractivity contribution in [3.8, 4) is 11.5 Å². The topological polar surface area (TPSA) is 55.8 Å². The summed E-state index contributed by atoms with van der Waals surface area (Å²) in [6, 6.07) is 2.60. The first-order chi connectivity index (χ1) is 10.5. The van der Waals surface area contributed by atoms with Crippen molar-refractivity contribution in [3.05, 3.63) is 23.3 Å². The van der Waals surface area contributed by atoms with Gasteiger partial charge in [0.1, 0.15) is 0 Å². The lowest BCUT2D eigenvalue weighted by Crippen LogP contribution is -2.38. The summed E-state index contributed by atoms with van der Waals surface area (Å²) in [6.45, 7) is 0. The first-order valence-corrected chi connectivity index (χ1v) is 7.24. The number of methoxy groups -OCH3 is 2. The number of rotatable bonds is 5. The minimum Gasteiger partial charge on any atom is -0.493 e. The standard InChI is InChI=1S/C16H20F2O4/c1-21-12-8-10(14(17)18)11(9-13(12)22-2)16(15(19)20)6-4-3-5-7-16/h8-9,14H,3-7H2,1-2H3,(H,19,20). The number of halogens is 2. The molecular formula is C16H20F2O4. The highest BCUT2D eigenvalue weighted by atomic mass is 19.3. The van der Waals surface area contributed by atoms with Gasteiger partial charge in [0.2, 0.25) is 0 Å². The second kappa shape index (κ2) is 6.50. The molecule has 0 amide bonds. The van der Waals surface area contributed by atoms with E-state index in [1.807, 2.05) is 0 Å². The fraction of sp³-hybridized carbons (Fsp3) is 0.562. The Bertz CT molecular complexity index is 551. The maximum absolute atomic E-state index is 13.5. The summed E-state index contributed by atoms with van der Waals surface area (Å²) >= 11 is 0. The minimum atomic E-state index is -2.77. The molecule has 0 aliphatic heterocycles. The molecule has 0 bridgehead atoms. The van der Waals surface area contributed by atoms with E-state index in [4.69, 9.17) is 9.47 Å². The van der Waals surface area contributed by atoms with Crippen molar-refractivity contribution in [3.63, 3.8) is 0 Å². The molecule has 1 aromatic carbocycles. The SMILES string of the molecule is COc1cc(C(F)F)c(C2(C(=O)O)CCCCC2)cc1OC. The molecule has 1 aliphatic rings. The van der Waals surface area contributed by atoms with E-state index in [1.165, 1.54) is 26.4 Å². The second-order valence-corrected chi connectivity index (χ2v) is 5.54. The van der Waals surface area contributed by atoms with Crippen molar-refractivity contribution in [2.45, 2.75) is 43.9 Å². The number of carbonyl (C=O) groups is 1. The Kier molecular flexibility index (Phi) is 4.88. The molecule has 0 aromatic heterocycles. The van der Waals surface area contributed by atoms with Crippen LogP contribution in [0.25, 0.3) is 0 Å². The third-order valence-electron chi connectivity index (χ3n) is 4.42. The van der Waals surface area contributed by atoms with Gasteiger partial charge in [0.05, 0.1) is 19.6 Å². The highest BCUT2D eigenvalue weighted by Crippen LogP contribution is 2.46. The molecule has 0 heterocycles. The van der Waals surface area contributed by atoms with Crippen LogP contribution < -0.4 is 9.47 Å². The van der Waals surface area contributed by atoms with Crippen molar-refractivity contribution in [1.29, 1.82) is 0 Å². The summed E-state index contributed by atoms with van der Waals surface area (Å²) < 4.78 is 37.2. The predicted molar refractivity (Wildman–Crippen MR) is 76.9 cm³/mol. The molecule has 1 aromatic rings. The van der Waals surface area contributed by atoms with Gasteiger partial charge in [-0.15, -0.1) is 0 Å². The molecular weight excluding hydrogens is 294 g/mol. The summed E-state index contributed by atoms with van der Waals surface area (Å²) in [5, 5.41) is 9.72. The number of benzene rings is 1. The molecule has 0 spiro atoms. The summed E-state index contributed by atoms with van der Waals surface area (Å²) in [4.78, 5) is 11.9. The molecule has 2 rings (SSSR count). The van der Waals surface area contributed by atoms with E-state index in [0.29, 0.717) is 25.7 Å². The van der Waals surface area contributed by atoms with Crippen molar-refractivity contribution in [2.24, 2.45) is 0 Å². The Hall–Kier alpha value is -1.85. The van der Waals surface area contributed by atoms with Gasteiger partial charge in [-0.1, -0.05) is 19.3 Å². The van der Waals surface area contributed by atoms with Gasteiger partial charge in [0.15, 0.2) is 11.5 Å². The van der Waals surface area contributed by atoms with Gasteiger partial charge >= 0.3 is 5.97 Å². The Morgan fingerprint density at radius 1 is 1.14 bits per heavy atom. The van der Waals surface area contributed by atoms with Crippen LogP contribution in [0.3, 0.4) is 0 Å². The van der Waals surface area contributed by atoms with Gasteiger partial charge in [-0.3, -0.25) is 4.79 Å². The zero-order valence-corrected chi connectivity index (χ0v) is 12.7. The predicted octanol–water partition coefficient (Wildman–Crippen LogP) is 3.93. The van der Waals surface area contributed by atoms with Gasteiger partial charge in [-0.05, 0) is 30.5 Å². The minimum absolute atomic E-state index is 0.146. The molecule has 1 N–H and O–H groups in total. The number of carboxylic acid groups (broad SMARTS) is 1. The average Bonchev–Trinajstić information content (AvgIpc) is 2.53. The molecule has 122 valence electrons. The zero-order chi connectivity index (χ0) is 16.3. The van der Waals surface area contributed by atoms with Crippen LogP contribution >= 0.6 is 0 Å². The lowest BCUT2D eigenvalue weighted by Gasteiger charge is -2.35. The van der Waals surface area contributed by atoms with Crippen LogP contribution in [-0.2, 0) is 10.2 Å². The Morgan fingerprint density at radius 2 is 1.68 bits per heavy atom. The smallest absolute Gasteiger partial charge is 0.314 e. The number of aliphatic carboxylic acids is 1. The van der Waals surface area contributed by atoms with E-state index in [1.54, 1.807) is 0 Å². The van der Waals surface area contributed by atoms with Crippen LogP contribution in [0.1, 0.15) is 49.7 Å². The van der Waals surface area contributed by atoms with Gasteiger partial charge in [-0.25, -0.2) is 8.78 Å². The first kappa shape index (κ1) is 16.5. The largest absolute Gasteiger partial charge is 0.493 e. The van der Waals surface area contributed by atoms with Crippen molar-refractivity contribution in [2.75, 3.05) is 14.2 Å². The summed E-state index contributed by atoms with van der Waals surface area (Å²) in [5.74, 6) is -0.604. The Morgan fingerprint density at radius 3 is 2.14 bits per heavy atom.